The number of nitro benzene ring substituents is 1. The molecule has 1 heterocycles. The Morgan fingerprint density at radius 3 is 2.40 bits per heavy atom. The molecule has 0 saturated heterocycles. The fourth-order valence-electron chi connectivity index (χ4n) is 2.65. The summed E-state index contributed by atoms with van der Waals surface area (Å²) in [4.78, 5) is 22.9. The fourth-order valence-corrected chi connectivity index (χ4v) is 4.12. The zero-order valence-corrected chi connectivity index (χ0v) is 19.7. The van der Waals surface area contributed by atoms with Gasteiger partial charge in [0.25, 0.3) is 11.6 Å². The smallest absolute Gasteiger partial charge is 0.276 e. The van der Waals surface area contributed by atoms with Crippen LogP contribution in [0.1, 0.15) is 21.6 Å². The predicted octanol–water partition coefficient (Wildman–Crippen LogP) is 5.88. The molecule has 30 heavy (non-hydrogen) atoms. The summed E-state index contributed by atoms with van der Waals surface area (Å²) in [6.45, 7) is 3.90. The van der Waals surface area contributed by atoms with Gasteiger partial charge in [-0.15, -0.1) is 0 Å². The minimum Gasteiger partial charge on any atom is -0.471 e. The molecular formula is C19H15Br2ClN4O4. The molecule has 0 saturated carbocycles. The number of amides is 1. The van der Waals surface area contributed by atoms with Crippen LogP contribution in [0.5, 0.6) is 5.75 Å². The van der Waals surface area contributed by atoms with Gasteiger partial charge in [-0.3, -0.25) is 14.9 Å². The van der Waals surface area contributed by atoms with E-state index in [2.05, 4.69) is 42.3 Å². The van der Waals surface area contributed by atoms with Crippen LogP contribution in [0.4, 0.5) is 11.4 Å². The minimum absolute atomic E-state index is 0.110. The Balaban J connectivity index is 1.69. The summed E-state index contributed by atoms with van der Waals surface area (Å²) >= 11 is 12.6. The van der Waals surface area contributed by atoms with Gasteiger partial charge in [0.05, 0.1) is 10.6 Å². The molecule has 2 aromatic carbocycles. The lowest BCUT2D eigenvalue weighted by molar-refractivity contribution is -0.385. The number of nitrogens with one attached hydrogen (secondary N) is 1. The molecule has 1 amide bonds. The Bertz CT molecular complexity index is 1100. The number of nitro groups is 1. The molecule has 0 bridgehead atoms. The number of rotatable bonds is 6. The van der Waals surface area contributed by atoms with E-state index in [0.29, 0.717) is 25.4 Å². The molecule has 3 rings (SSSR count). The lowest BCUT2D eigenvalue weighted by atomic mass is 10.1. The van der Waals surface area contributed by atoms with Gasteiger partial charge in [-0.25, -0.2) is 4.68 Å². The molecule has 1 aromatic heterocycles. The summed E-state index contributed by atoms with van der Waals surface area (Å²) in [7, 11) is 0. The predicted molar refractivity (Wildman–Crippen MR) is 120 cm³/mol. The number of carbonyl (C=O) groups is 1. The van der Waals surface area contributed by atoms with Crippen molar-refractivity contribution < 1.29 is 14.5 Å². The summed E-state index contributed by atoms with van der Waals surface area (Å²) in [5.41, 5.74) is 2.24. The third-order valence-electron chi connectivity index (χ3n) is 4.12. The first kappa shape index (κ1) is 22.3. The number of hydrogen-bond donors (Lipinski definition) is 1. The van der Waals surface area contributed by atoms with Crippen LogP contribution in [0.25, 0.3) is 0 Å². The van der Waals surface area contributed by atoms with Crippen molar-refractivity contribution in [2.24, 2.45) is 0 Å². The summed E-state index contributed by atoms with van der Waals surface area (Å²) < 4.78 is 7.94. The topological polar surface area (TPSA) is 99.3 Å². The standard InChI is InChI=1S/C19H15Br2ClN4O4/c1-10-5-13(6-11(2)17(10)22)30-9-25-4-3-16(24-25)19(27)23-18-14(20)7-12(26(28)29)8-15(18)21/h3-8H,9H2,1-2H3,(H,23,27). The second kappa shape index (κ2) is 9.15. The largest absolute Gasteiger partial charge is 0.471 e. The first-order valence-corrected chi connectivity index (χ1v) is 10.5. The lowest BCUT2D eigenvalue weighted by Gasteiger charge is -2.10. The van der Waals surface area contributed by atoms with Gasteiger partial charge in [-0.2, -0.15) is 5.10 Å². The summed E-state index contributed by atoms with van der Waals surface area (Å²) in [6.07, 6.45) is 1.62. The van der Waals surface area contributed by atoms with Crippen molar-refractivity contribution >= 4 is 60.7 Å². The highest BCUT2D eigenvalue weighted by Crippen LogP contribution is 2.35. The highest BCUT2D eigenvalue weighted by atomic mass is 79.9. The van der Waals surface area contributed by atoms with Gasteiger partial charge < -0.3 is 10.1 Å². The molecule has 1 N–H and O–H groups in total. The monoisotopic (exact) mass is 556 g/mol. The van der Waals surface area contributed by atoms with Crippen LogP contribution in [-0.2, 0) is 6.73 Å². The van der Waals surface area contributed by atoms with Gasteiger partial charge in [0, 0.05) is 32.3 Å². The van der Waals surface area contributed by atoms with Crippen molar-refractivity contribution in [1.82, 2.24) is 9.78 Å². The molecule has 8 nitrogen and oxygen atoms in total. The zero-order chi connectivity index (χ0) is 22.0. The Labute approximate surface area is 193 Å². The Kier molecular flexibility index (Phi) is 6.79. The van der Waals surface area contributed by atoms with Crippen LogP contribution in [0, 0.1) is 24.0 Å². The van der Waals surface area contributed by atoms with Crippen LogP contribution in [0.3, 0.4) is 0 Å². The van der Waals surface area contributed by atoms with Crippen molar-refractivity contribution in [2.75, 3.05) is 5.32 Å². The van der Waals surface area contributed by atoms with Crippen LogP contribution in [-0.4, -0.2) is 20.6 Å². The molecule has 0 radical (unpaired) electrons. The number of carbonyl (C=O) groups excluding carboxylic acids is 1. The first-order valence-electron chi connectivity index (χ1n) is 8.53. The highest BCUT2D eigenvalue weighted by molar-refractivity contribution is 9.11. The molecule has 0 aliphatic rings. The molecule has 0 atom stereocenters. The third-order valence-corrected chi connectivity index (χ3v) is 5.97. The Morgan fingerprint density at radius 1 is 1.23 bits per heavy atom. The Morgan fingerprint density at radius 2 is 1.83 bits per heavy atom. The molecule has 156 valence electrons. The van der Waals surface area contributed by atoms with Crippen molar-refractivity contribution in [3.63, 3.8) is 0 Å². The zero-order valence-electron chi connectivity index (χ0n) is 15.8. The number of benzene rings is 2. The summed E-state index contributed by atoms with van der Waals surface area (Å²) in [6, 6.07) is 7.82. The van der Waals surface area contributed by atoms with Crippen molar-refractivity contribution in [2.45, 2.75) is 20.6 Å². The number of anilines is 1. The number of nitrogens with zero attached hydrogens (tertiary/aromatic N) is 3. The van der Waals surface area contributed by atoms with Crippen molar-refractivity contribution in [3.8, 4) is 5.75 Å². The molecule has 11 heteroatoms. The van der Waals surface area contributed by atoms with E-state index in [1.54, 1.807) is 12.3 Å². The quantitative estimate of drug-likeness (QED) is 0.301. The van der Waals surface area contributed by atoms with Gasteiger partial charge >= 0.3 is 0 Å². The molecule has 0 aliphatic heterocycles. The van der Waals surface area contributed by atoms with Gasteiger partial charge in [-0.1, -0.05) is 11.6 Å². The fraction of sp³-hybridized carbons (Fsp3) is 0.158. The van der Waals surface area contributed by atoms with Gasteiger partial charge in [0.1, 0.15) is 5.75 Å². The molecule has 0 fully saturated rings. The van der Waals surface area contributed by atoms with Gasteiger partial charge in [0.2, 0.25) is 0 Å². The maximum Gasteiger partial charge on any atom is 0.276 e. The van der Waals surface area contributed by atoms with Gasteiger partial charge in [-0.05, 0) is 75.0 Å². The lowest BCUT2D eigenvalue weighted by Crippen LogP contribution is -2.15. The maximum absolute atomic E-state index is 12.5. The van der Waals surface area contributed by atoms with Crippen molar-refractivity contribution in [3.05, 3.63) is 77.4 Å². The SMILES string of the molecule is Cc1cc(OCn2ccc(C(=O)Nc3c(Br)cc([N+](=O)[O-])cc3Br)n2)cc(C)c1Cl. The van der Waals surface area contributed by atoms with Crippen LogP contribution in [0.2, 0.25) is 5.02 Å². The van der Waals surface area contributed by atoms with Crippen LogP contribution < -0.4 is 10.1 Å². The minimum atomic E-state index is -0.521. The highest BCUT2D eigenvalue weighted by Gasteiger charge is 2.18. The second-order valence-corrected chi connectivity index (χ2v) is 8.47. The molecule has 0 aliphatic carbocycles. The van der Waals surface area contributed by atoms with Crippen LogP contribution in [0.15, 0.2) is 45.5 Å². The van der Waals surface area contributed by atoms with E-state index in [9.17, 15) is 14.9 Å². The number of ether oxygens (including phenoxy) is 1. The number of aryl methyl sites for hydroxylation is 2. The molecule has 0 unspecified atom stereocenters. The second-order valence-electron chi connectivity index (χ2n) is 6.38. The van der Waals surface area contributed by atoms with Crippen molar-refractivity contribution in [1.29, 1.82) is 0 Å². The molecular weight excluding hydrogens is 543 g/mol. The molecule has 3 aromatic rings. The number of halogens is 3. The Hall–Kier alpha value is -2.43. The third kappa shape index (κ3) is 5.00. The van der Waals surface area contributed by atoms with E-state index in [1.807, 2.05) is 26.0 Å². The maximum atomic E-state index is 12.5. The van der Waals surface area contributed by atoms with E-state index in [0.717, 1.165) is 11.1 Å². The number of non-ortho nitro benzene ring substituents is 1. The first-order chi connectivity index (χ1) is 14.2. The number of aromatic nitrogens is 2. The summed E-state index contributed by atoms with van der Waals surface area (Å²) in [5.74, 6) is 0.178. The van der Waals surface area contributed by atoms with E-state index in [4.69, 9.17) is 16.3 Å². The average Bonchev–Trinajstić information content (AvgIpc) is 3.16. The van der Waals surface area contributed by atoms with E-state index in [1.165, 1.54) is 16.8 Å². The summed E-state index contributed by atoms with van der Waals surface area (Å²) in [5, 5.41) is 18.5. The van der Waals surface area contributed by atoms with Crippen LogP contribution >= 0.6 is 43.5 Å². The van der Waals surface area contributed by atoms with E-state index >= 15 is 0 Å². The molecule has 0 spiro atoms. The van der Waals surface area contributed by atoms with Gasteiger partial charge in [0.15, 0.2) is 12.4 Å². The number of hydrogen-bond acceptors (Lipinski definition) is 5. The normalized spacial score (nSPS) is 10.7. The van der Waals surface area contributed by atoms with E-state index in [-0.39, 0.29) is 18.1 Å². The average molecular weight is 559 g/mol. The van der Waals surface area contributed by atoms with E-state index < -0.39 is 10.8 Å².